The molecule has 4 nitrogen and oxygen atoms in total. The van der Waals surface area contributed by atoms with E-state index in [1.807, 2.05) is 0 Å². The van der Waals surface area contributed by atoms with Crippen LogP contribution in [0, 0.1) is 0 Å². The minimum Gasteiger partial charge on any atom is -0.397 e. The second kappa shape index (κ2) is 3.41. The molecule has 0 bridgehead atoms. The van der Waals surface area contributed by atoms with E-state index in [2.05, 4.69) is 4.98 Å². The second-order valence-electron chi connectivity index (χ2n) is 2.47. The molecule has 0 amide bonds. The summed E-state index contributed by atoms with van der Waals surface area (Å²) in [6, 6.07) is 1.57. The molecule has 4 heteroatoms. The topological polar surface area (TPSA) is 88.1 Å². The quantitative estimate of drug-likeness (QED) is 0.494. The van der Waals surface area contributed by atoms with E-state index in [1.54, 1.807) is 12.3 Å². The van der Waals surface area contributed by atoms with Crippen LogP contribution in [0.25, 0.3) is 0 Å². The number of anilines is 1. The number of hydrogen-bond donors (Lipinski definition) is 4. The van der Waals surface area contributed by atoms with E-state index in [-0.39, 0.29) is 12.6 Å². The first-order valence-electron chi connectivity index (χ1n) is 3.55. The summed E-state index contributed by atoms with van der Waals surface area (Å²) >= 11 is 0. The van der Waals surface area contributed by atoms with Crippen LogP contribution in [-0.4, -0.2) is 16.7 Å². The van der Waals surface area contributed by atoms with Gasteiger partial charge in [0.05, 0.1) is 11.4 Å². The molecule has 1 rings (SSSR count). The predicted octanol–water partition coefficient (Wildman–Crippen LogP) is -0.0209. The standard InChI is InChI=1S/C7H13N3O/c8-5-1-3-10-7(5)6(9)2-4-11/h1,3,6,10-11H,2,4,8-9H2/t6-/m0/s1. The van der Waals surface area contributed by atoms with Crippen molar-refractivity contribution in [3.8, 4) is 0 Å². The maximum atomic E-state index is 8.59. The Morgan fingerprint density at radius 1 is 1.64 bits per heavy atom. The highest BCUT2D eigenvalue weighted by Crippen LogP contribution is 2.17. The first-order valence-corrected chi connectivity index (χ1v) is 3.55. The van der Waals surface area contributed by atoms with Crippen molar-refractivity contribution in [2.24, 2.45) is 5.73 Å². The van der Waals surface area contributed by atoms with Crippen molar-refractivity contribution in [1.82, 2.24) is 4.98 Å². The molecule has 0 saturated heterocycles. The number of rotatable bonds is 3. The molecule has 0 fully saturated rings. The van der Waals surface area contributed by atoms with E-state index in [9.17, 15) is 0 Å². The fraction of sp³-hybridized carbons (Fsp3) is 0.429. The van der Waals surface area contributed by atoms with Gasteiger partial charge in [0.1, 0.15) is 0 Å². The molecular weight excluding hydrogens is 142 g/mol. The van der Waals surface area contributed by atoms with Gasteiger partial charge in [0.15, 0.2) is 0 Å². The first-order chi connectivity index (χ1) is 5.25. The van der Waals surface area contributed by atoms with Crippen LogP contribution >= 0.6 is 0 Å². The highest BCUT2D eigenvalue weighted by molar-refractivity contribution is 5.44. The van der Waals surface area contributed by atoms with E-state index in [0.29, 0.717) is 12.1 Å². The van der Waals surface area contributed by atoms with Gasteiger partial charge in [0.25, 0.3) is 0 Å². The maximum absolute atomic E-state index is 8.59. The lowest BCUT2D eigenvalue weighted by Gasteiger charge is -2.08. The Hall–Kier alpha value is -1.00. The zero-order valence-corrected chi connectivity index (χ0v) is 6.25. The normalized spacial score (nSPS) is 13.3. The van der Waals surface area contributed by atoms with Gasteiger partial charge in [0, 0.05) is 18.8 Å². The summed E-state index contributed by atoms with van der Waals surface area (Å²) in [5, 5.41) is 8.59. The van der Waals surface area contributed by atoms with Gasteiger partial charge in [0.2, 0.25) is 0 Å². The molecule has 0 aliphatic carbocycles. The summed E-state index contributed by atoms with van der Waals surface area (Å²) in [5.41, 5.74) is 12.7. The van der Waals surface area contributed by atoms with Crippen LogP contribution in [0.3, 0.4) is 0 Å². The Kier molecular flexibility index (Phi) is 2.51. The van der Waals surface area contributed by atoms with Crippen LogP contribution in [0.4, 0.5) is 5.69 Å². The number of aliphatic hydroxyl groups is 1. The molecule has 11 heavy (non-hydrogen) atoms. The third-order valence-electron chi connectivity index (χ3n) is 1.62. The third-order valence-corrected chi connectivity index (χ3v) is 1.62. The number of aliphatic hydroxyl groups excluding tert-OH is 1. The van der Waals surface area contributed by atoms with Crippen molar-refractivity contribution >= 4 is 5.69 Å². The molecule has 0 aliphatic rings. The Morgan fingerprint density at radius 2 is 2.36 bits per heavy atom. The van der Waals surface area contributed by atoms with Crippen molar-refractivity contribution in [3.63, 3.8) is 0 Å². The van der Waals surface area contributed by atoms with Crippen LogP contribution in [-0.2, 0) is 0 Å². The van der Waals surface area contributed by atoms with Crippen molar-refractivity contribution in [2.75, 3.05) is 12.3 Å². The molecule has 1 aromatic heterocycles. The van der Waals surface area contributed by atoms with Crippen LogP contribution in [0.1, 0.15) is 18.2 Å². The Labute approximate surface area is 65.2 Å². The van der Waals surface area contributed by atoms with Gasteiger partial charge in [-0.15, -0.1) is 0 Å². The maximum Gasteiger partial charge on any atom is 0.0552 e. The van der Waals surface area contributed by atoms with Crippen LogP contribution in [0.15, 0.2) is 12.3 Å². The summed E-state index contributed by atoms with van der Waals surface area (Å²) in [6.07, 6.45) is 2.27. The van der Waals surface area contributed by atoms with E-state index in [4.69, 9.17) is 16.6 Å². The third kappa shape index (κ3) is 1.72. The number of aromatic nitrogens is 1. The number of nitrogens with one attached hydrogen (secondary N) is 1. The number of nitrogen functional groups attached to an aromatic ring is 1. The number of hydrogen-bond acceptors (Lipinski definition) is 3. The Morgan fingerprint density at radius 3 is 2.82 bits per heavy atom. The van der Waals surface area contributed by atoms with Crippen LogP contribution < -0.4 is 11.5 Å². The molecule has 0 saturated carbocycles. The van der Waals surface area contributed by atoms with Crippen molar-refractivity contribution < 1.29 is 5.11 Å². The Balaban J connectivity index is 2.67. The smallest absolute Gasteiger partial charge is 0.0552 e. The first kappa shape index (κ1) is 8.10. The molecule has 1 aromatic rings. The number of aromatic amines is 1. The minimum absolute atomic E-state index is 0.0830. The fourth-order valence-electron chi connectivity index (χ4n) is 0.999. The number of H-pyrrole nitrogens is 1. The predicted molar refractivity (Wildman–Crippen MR) is 43.8 cm³/mol. The molecule has 0 spiro atoms. The molecule has 1 heterocycles. The molecule has 62 valence electrons. The van der Waals surface area contributed by atoms with E-state index < -0.39 is 0 Å². The summed E-state index contributed by atoms with van der Waals surface area (Å²) in [6.45, 7) is 0.0830. The zero-order valence-electron chi connectivity index (χ0n) is 6.25. The largest absolute Gasteiger partial charge is 0.397 e. The average Bonchev–Trinajstić information content (AvgIpc) is 2.36. The SMILES string of the molecule is Nc1cc[nH]c1[C@@H](N)CCO. The highest BCUT2D eigenvalue weighted by atomic mass is 16.3. The summed E-state index contributed by atoms with van der Waals surface area (Å²) in [4.78, 5) is 2.93. The van der Waals surface area contributed by atoms with E-state index in [1.165, 1.54) is 0 Å². The molecule has 0 aliphatic heterocycles. The molecule has 0 radical (unpaired) electrons. The van der Waals surface area contributed by atoms with Gasteiger partial charge in [-0.05, 0) is 12.5 Å². The molecule has 0 aromatic carbocycles. The van der Waals surface area contributed by atoms with Gasteiger partial charge in [-0.3, -0.25) is 0 Å². The molecular formula is C7H13N3O. The average molecular weight is 155 g/mol. The molecule has 1 atom stereocenters. The van der Waals surface area contributed by atoms with Crippen molar-refractivity contribution in [3.05, 3.63) is 18.0 Å². The number of nitrogens with two attached hydrogens (primary N) is 2. The molecule has 6 N–H and O–H groups in total. The lowest BCUT2D eigenvalue weighted by molar-refractivity contribution is 0.276. The van der Waals surface area contributed by atoms with Gasteiger partial charge in [-0.25, -0.2) is 0 Å². The lowest BCUT2D eigenvalue weighted by Crippen LogP contribution is -2.13. The Bertz CT molecular complexity index is 221. The second-order valence-corrected chi connectivity index (χ2v) is 2.47. The summed E-state index contributed by atoms with van der Waals surface area (Å²) < 4.78 is 0. The van der Waals surface area contributed by atoms with Crippen LogP contribution in [0.5, 0.6) is 0 Å². The minimum atomic E-state index is -0.185. The van der Waals surface area contributed by atoms with Crippen LogP contribution in [0.2, 0.25) is 0 Å². The zero-order chi connectivity index (χ0) is 8.27. The van der Waals surface area contributed by atoms with Crippen molar-refractivity contribution in [1.29, 1.82) is 0 Å². The van der Waals surface area contributed by atoms with Crippen molar-refractivity contribution in [2.45, 2.75) is 12.5 Å². The molecule has 0 unspecified atom stereocenters. The summed E-state index contributed by atoms with van der Waals surface area (Å²) in [7, 11) is 0. The van der Waals surface area contributed by atoms with E-state index >= 15 is 0 Å². The van der Waals surface area contributed by atoms with Gasteiger partial charge in [-0.2, -0.15) is 0 Å². The van der Waals surface area contributed by atoms with Gasteiger partial charge >= 0.3 is 0 Å². The van der Waals surface area contributed by atoms with E-state index in [0.717, 1.165) is 5.69 Å². The van der Waals surface area contributed by atoms with Gasteiger partial charge < -0.3 is 21.6 Å². The van der Waals surface area contributed by atoms with Gasteiger partial charge in [-0.1, -0.05) is 0 Å². The lowest BCUT2D eigenvalue weighted by atomic mass is 10.1. The monoisotopic (exact) mass is 155 g/mol. The highest BCUT2D eigenvalue weighted by Gasteiger charge is 2.08. The summed E-state index contributed by atoms with van der Waals surface area (Å²) in [5.74, 6) is 0. The fourth-order valence-corrected chi connectivity index (χ4v) is 0.999.